The molecule has 0 amide bonds. The van der Waals surface area contributed by atoms with Crippen molar-refractivity contribution in [1.82, 2.24) is 9.03 Å². The second-order valence-electron chi connectivity index (χ2n) is 7.46. The van der Waals surface area contributed by atoms with Gasteiger partial charge in [0.05, 0.1) is 10.9 Å². The Bertz CT molecular complexity index is 1300. The molecule has 1 aliphatic rings. The van der Waals surface area contributed by atoms with E-state index in [-0.39, 0.29) is 34.5 Å². The molecule has 176 valence electrons. The molecule has 0 spiro atoms. The molecule has 33 heavy (non-hydrogen) atoms. The van der Waals surface area contributed by atoms with Crippen LogP contribution in [0, 0.1) is 5.82 Å². The van der Waals surface area contributed by atoms with Gasteiger partial charge in [-0.2, -0.15) is 4.31 Å². The van der Waals surface area contributed by atoms with Crippen molar-refractivity contribution in [3.63, 3.8) is 0 Å². The molecule has 0 aliphatic carbocycles. The summed E-state index contributed by atoms with van der Waals surface area (Å²) in [7, 11) is -7.64. The van der Waals surface area contributed by atoms with Crippen LogP contribution < -0.4 is 9.62 Å². The highest BCUT2D eigenvalue weighted by molar-refractivity contribution is 7.91. The Morgan fingerprint density at radius 1 is 1.00 bits per heavy atom. The maximum atomic E-state index is 13.2. The van der Waals surface area contributed by atoms with Gasteiger partial charge in [0.15, 0.2) is 0 Å². The summed E-state index contributed by atoms with van der Waals surface area (Å²) in [5, 5.41) is 11.3. The first kappa shape index (κ1) is 23.6. The van der Waals surface area contributed by atoms with Crippen LogP contribution in [0.3, 0.4) is 0 Å². The molecule has 12 heteroatoms. The van der Waals surface area contributed by atoms with Gasteiger partial charge < -0.3 is 10.0 Å². The summed E-state index contributed by atoms with van der Waals surface area (Å²) in [6, 6.07) is 13.6. The number of benzene rings is 2. The Balaban J connectivity index is 1.58. The van der Waals surface area contributed by atoms with Crippen molar-refractivity contribution in [2.45, 2.75) is 15.1 Å². The Hall–Kier alpha value is -2.51. The summed E-state index contributed by atoms with van der Waals surface area (Å²) in [6.07, 6.45) is 0. The Labute approximate surface area is 196 Å². The highest BCUT2D eigenvalue weighted by atomic mass is 32.2. The number of piperazine rings is 1. The number of sulfonamides is 2. The van der Waals surface area contributed by atoms with Crippen LogP contribution in [0.25, 0.3) is 0 Å². The van der Waals surface area contributed by atoms with Crippen molar-refractivity contribution in [2.24, 2.45) is 0 Å². The fourth-order valence-electron chi connectivity index (χ4n) is 3.64. The number of halogens is 1. The van der Waals surface area contributed by atoms with E-state index in [1.54, 1.807) is 29.6 Å². The third-order valence-corrected chi connectivity index (χ3v) is 10.0. The number of nitrogens with one attached hydrogen (secondary N) is 1. The van der Waals surface area contributed by atoms with E-state index in [2.05, 4.69) is 4.72 Å². The van der Waals surface area contributed by atoms with Gasteiger partial charge in [0.1, 0.15) is 15.8 Å². The molecule has 1 aliphatic heterocycles. The van der Waals surface area contributed by atoms with E-state index in [4.69, 9.17) is 0 Å². The van der Waals surface area contributed by atoms with Crippen molar-refractivity contribution in [1.29, 1.82) is 0 Å². The average molecular weight is 512 g/mol. The SMILES string of the molecule is O=S(=O)(NC[C@H]1CN(S(=O)(=O)c2cccs2)CCN1c1ccc(O)cc1)c1ccc(F)cc1. The van der Waals surface area contributed by atoms with Gasteiger partial charge in [-0.25, -0.2) is 25.9 Å². The van der Waals surface area contributed by atoms with Crippen LogP contribution in [-0.4, -0.2) is 58.5 Å². The van der Waals surface area contributed by atoms with E-state index in [0.29, 0.717) is 6.54 Å². The summed E-state index contributed by atoms with van der Waals surface area (Å²) in [6.45, 7) is 0.546. The van der Waals surface area contributed by atoms with Gasteiger partial charge in [-0.3, -0.25) is 0 Å². The maximum Gasteiger partial charge on any atom is 0.252 e. The summed E-state index contributed by atoms with van der Waals surface area (Å²) in [4.78, 5) is 1.83. The third kappa shape index (κ3) is 5.20. The van der Waals surface area contributed by atoms with Gasteiger partial charge in [0.25, 0.3) is 10.0 Å². The van der Waals surface area contributed by atoms with Gasteiger partial charge in [-0.05, 0) is 60.0 Å². The number of thiophene rings is 1. The molecule has 8 nitrogen and oxygen atoms in total. The van der Waals surface area contributed by atoms with Crippen LogP contribution >= 0.6 is 11.3 Å². The predicted molar refractivity (Wildman–Crippen MR) is 124 cm³/mol. The maximum absolute atomic E-state index is 13.2. The van der Waals surface area contributed by atoms with Crippen LogP contribution in [-0.2, 0) is 20.0 Å². The Morgan fingerprint density at radius 3 is 2.33 bits per heavy atom. The van der Waals surface area contributed by atoms with Gasteiger partial charge in [0, 0.05) is 31.9 Å². The second-order valence-corrected chi connectivity index (χ2v) is 12.3. The zero-order valence-corrected chi connectivity index (χ0v) is 19.8. The first-order valence-electron chi connectivity index (χ1n) is 10.0. The zero-order chi connectivity index (χ0) is 23.6. The molecule has 1 atom stereocenters. The fraction of sp³-hybridized carbons (Fsp3) is 0.238. The first-order valence-corrected chi connectivity index (χ1v) is 13.8. The van der Waals surface area contributed by atoms with Crippen molar-refractivity contribution in [3.8, 4) is 5.75 Å². The van der Waals surface area contributed by atoms with Crippen LogP contribution in [0.15, 0.2) is 75.1 Å². The molecular weight excluding hydrogens is 489 g/mol. The fourth-order valence-corrected chi connectivity index (χ4v) is 7.33. The Kier molecular flexibility index (Phi) is 6.73. The number of nitrogens with zero attached hydrogens (tertiary/aromatic N) is 2. The number of aromatic hydroxyl groups is 1. The van der Waals surface area contributed by atoms with Crippen molar-refractivity contribution >= 4 is 37.1 Å². The number of hydrogen-bond donors (Lipinski definition) is 2. The summed E-state index contributed by atoms with van der Waals surface area (Å²) in [5.41, 5.74) is 0.729. The minimum absolute atomic E-state index is 0.0625. The molecule has 1 aromatic heterocycles. The minimum Gasteiger partial charge on any atom is -0.508 e. The third-order valence-electron chi connectivity index (χ3n) is 5.35. The van der Waals surface area contributed by atoms with E-state index in [1.165, 1.54) is 28.6 Å². The lowest BCUT2D eigenvalue weighted by Crippen LogP contribution is -2.58. The average Bonchev–Trinajstić information content (AvgIpc) is 3.34. The molecule has 4 rings (SSSR count). The zero-order valence-electron chi connectivity index (χ0n) is 17.3. The molecule has 2 heterocycles. The molecule has 2 aromatic carbocycles. The molecule has 2 N–H and O–H groups in total. The topological polar surface area (TPSA) is 107 Å². The lowest BCUT2D eigenvalue weighted by atomic mass is 10.1. The minimum atomic E-state index is -3.93. The lowest BCUT2D eigenvalue weighted by Gasteiger charge is -2.42. The molecule has 0 radical (unpaired) electrons. The van der Waals surface area contributed by atoms with Crippen LogP contribution in [0.1, 0.15) is 0 Å². The molecule has 3 aromatic rings. The number of phenolic OH excluding ortho intramolecular Hbond substituents is 1. The highest BCUT2D eigenvalue weighted by Gasteiger charge is 2.35. The molecule has 0 saturated carbocycles. The largest absolute Gasteiger partial charge is 0.508 e. The normalized spacial score (nSPS) is 17.8. The lowest BCUT2D eigenvalue weighted by molar-refractivity contribution is 0.332. The van der Waals surface area contributed by atoms with Crippen LogP contribution in [0.4, 0.5) is 10.1 Å². The number of anilines is 1. The van der Waals surface area contributed by atoms with Gasteiger partial charge in [0.2, 0.25) is 10.0 Å². The highest BCUT2D eigenvalue weighted by Crippen LogP contribution is 2.27. The first-order chi connectivity index (χ1) is 15.7. The van der Waals surface area contributed by atoms with E-state index in [0.717, 1.165) is 29.2 Å². The van der Waals surface area contributed by atoms with E-state index in [1.807, 2.05) is 4.90 Å². The monoisotopic (exact) mass is 511 g/mol. The van der Waals surface area contributed by atoms with Crippen molar-refractivity contribution in [3.05, 3.63) is 71.9 Å². The van der Waals surface area contributed by atoms with E-state index < -0.39 is 31.9 Å². The number of hydrogen-bond acceptors (Lipinski definition) is 7. The number of phenols is 1. The summed E-state index contributed by atoms with van der Waals surface area (Å²) >= 11 is 1.13. The van der Waals surface area contributed by atoms with Crippen molar-refractivity contribution in [2.75, 3.05) is 31.1 Å². The van der Waals surface area contributed by atoms with Gasteiger partial charge in [-0.1, -0.05) is 6.07 Å². The predicted octanol–water partition coefficient (Wildman–Crippen LogP) is 2.45. The van der Waals surface area contributed by atoms with E-state index in [9.17, 15) is 26.3 Å². The number of rotatable bonds is 7. The van der Waals surface area contributed by atoms with E-state index >= 15 is 0 Å². The van der Waals surface area contributed by atoms with Gasteiger partial charge in [-0.15, -0.1) is 11.3 Å². The molecule has 1 fully saturated rings. The van der Waals surface area contributed by atoms with Gasteiger partial charge >= 0.3 is 0 Å². The van der Waals surface area contributed by atoms with Crippen LogP contribution in [0.5, 0.6) is 5.75 Å². The summed E-state index contributed by atoms with van der Waals surface area (Å²) < 4.78 is 68.8. The standard InChI is InChI=1S/C21H22FN3O5S3/c22-16-3-9-20(10-4-16)32(27,28)23-14-18-15-24(33(29,30)21-2-1-13-31-21)11-12-25(18)17-5-7-19(26)8-6-17/h1-10,13,18,23,26H,11-12,14-15H2/t18-/m0/s1. The molecular formula is C21H22FN3O5S3. The second kappa shape index (κ2) is 9.39. The van der Waals surface area contributed by atoms with Crippen LogP contribution in [0.2, 0.25) is 0 Å². The Morgan fingerprint density at radius 2 is 1.70 bits per heavy atom. The summed E-state index contributed by atoms with van der Waals surface area (Å²) in [5.74, 6) is -0.458. The molecule has 0 bridgehead atoms. The smallest absolute Gasteiger partial charge is 0.252 e. The molecule has 0 unspecified atom stereocenters. The van der Waals surface area contributed by atoms with Crippen molar-refractivity contribution < 1.29 is 26.3 Å². The molecule has 1 saturated heterocycles. The quantitative estimate of drug-likeness (QED) is 0.505.